The quantitative estimate of drug-likeness (QED) is 0.249. The Morgan fingerprint density at radius 2 is 1.94 bits per heavy atom. The first-order valence-corrected chi connectivity index (χ1v) is 5.49. The lowest BCUT2D eigenvalue weighted by Gasteiger charge is -2.50. The Kier molecular flexibility index (Phi) is 3.56. The third-order valence-corrected chi connectivity index (χ3v) is 3.16. The number of amides is 1. The minimum atomic E-state index is -2.09. The molecule has 18 heavy (non-hydrogen) atoms. The van der Waals surface area contributed by atoms with E-state index in [4.69, 9.17) is 9.84 Å². The third kappa shape index (κ3) is 1.89. The van der Waals surface area contributed by atoms with Gasteiger partial charge in [-0.1, -0.05) is 0 Å². The van der Waals surface area contributed by atoms with Crippen LogP contribution >= 0.6 is 0 Å². The molecule has 2 rings (SSSR count). The van der Waals surface area contributed by atoms with E-state index >= 15 is 0 Å². The standard InChI is InChI=1S/C9H16N2O7/c12-2-3-5(14)6(15)7(16)9(18-3)8(17)10-1-4(13)11-9/h3-7,11-16H,1-2H2,(H,10,17)/t3-,4?,5-,6+,7-,9?/m1/s1. The number of aliphatic hydroxyl groups is 5. The lowest BCUT2D eigenvalue weighted by Crippen LogP contribution is -2.79. The summed E-state index contributed by atoms with van der Waals surface area (Å²) in [7, 11) is 0. The third-order valence-electron chi connectivity index (χ3n) is 3.16. The molecular formula is C9H16N2O7. The summed E-state index contributed by atoms with van der Waals surface area (Å²) in [6.07, 6.45) is -7.46. The second-order valence-electron chi connectivity index (χ2n) is 4.37. The molecule has 7 N–H and O–H groups in total. The van der Waals surface area contributed by atoms with Crippen LogP contribution in [0.3, 0.4) is 0 Å². The van der Waals surface area contributed by atoms with Crippen molar-refractivity contribution in [2.45, 2.75) is 36.4 Å². The van der Waals surface area contributed by atoms with Crippen LogP contribution < -0.4 is 10.6 Å². The lowest BCUT2D eigenvalue weighted by molar-refractivity contribution is -0.285. The Balaban J connectivity index is 2.32. The number of nitrogens with one attached hydrogen (secondary N) is 2. The molecule has 0 aromatic carbocycles. The Bertz CT molecular complexity index is 339. The number of hydrogen-bond acceptors (Lipinski definition) is 8. The monoisotopic (exact) mass is 264 g/mol. The number of rotatable bonds is 1. The summed E-state index contributed by atoms with van der Waals surface area (Å²) in [5.74, 6) is -0.787. The van der Waals surface area contributed by atoms with Crippen LogP contribution in [0, 0.1) is 0 Å². The van der Waals surface area contributed by atoms with Gasteiger partial charge in [0.15, 0.2) is 0 Å². The van der Waals surface area contributed by atoms with Crippen molar-refractivity contribution in [1.29, 1.82) is 0 Å². The van der Waals surface area contributed by atoms with Gasteiger partial charge in [-0.25, -0.2) is 0 Å². The number of β-amino-alcohol motifs (C(OH)–C–C–N with tert-alkyl or cyclic N) is 1. The lowest BCUT2D eigenvalue weighted by atomic mass is 9.89. The van der Waals surface area contributed by atoms with Gasteiger partial charge in [-0.05, 0) is 0 Å². The van der Waals surface area contributed by atoms with Crippen molar-refractivity contribution in [2.75, 3.05) is 13.2 Å². The molecule has 9 nitrogen and oxygen atoms in total. The molecule has 2 heterocycles. The zero-order chi connectivity index (χ0) is 13.5. The first-order chi connectivity index (χ1) is 8.42. The van der Waals surface area contributed by atoms with Crippen molar-refractivity contribution in [3.05, 3.63) is 0 Å². The number of piperazine rings is 1. The summed E-state index contributed by atoms with van der Waals surface area (Å²) in [5, 5.41) is 52.2. The maximum atomic E-state index is 11.8. The number of carbonyl (C=O) groups is 1. The van der Waals surface area contributed by atoms with Crippen molar-refractivity contribution >= 4 is 5.91 Å². The van der Waals surface area contributed by atoms with Crippen LogP contribution in [-0.2, 0) is 9.53 Å². The molecule has 104 valence electrons. The molecule has 0 radical (unpaired) electrons. The summed E-state index contributed by atoms with van der Waals surface area (Å²) in [6, 6.07) is 0. The van der Waals surface area contributed by atoms with Crippen LogP contribution in [0.5, 0.6) is 0 Å². The van der Waals surface area contributed by atoms with Crippen molar-refractivity contribution < 1.29 is 35.1 Å². The Morgan fingerprint density at radius 1 is 1.28 bits per heavy atom. The molecule has 6 atom stereocenters. The molecule has 2 unspecified atom stereocenters. The number of aliphatic hydroxyl groups excluding tert-OH is 5. The van der Waals surface area contributed by atoms with Gasteiger partial charge in [-0.15, -0.1) is 0 Å². The van der Waals surface area contributed by atoms with E-state index in [2.05, 4.69) is 10.6 Å². The van der Waals surface area contributed by atoms with Gasteiger partial charge in [0.2, 0.25) is 5.72 Å². The first kappa shape index (κ1) is 13.6. The summed E-state index contributed by atoms with van der Waals surface area (Å²) in [5.41, 5.74) is -2.09. The number of ether oxygens (including phenoxy) is 1. The van der Waals surface area contributed by atoms with Gasteiger partial charge in [-0.3, -0.25) is 10.1 Å². The van der Waals surface area contributed by atoms with Gasteiger partial charge < -0.3 is 35.6 Å². The topological polar surface area (TPSA) is 152 Å². The van der Waals surface area contributed by atoms with E-state index in [1.165, 1.54) is 0 Å². The summed E-state index contributed by atoms with van der Waals surface area (Å²) in [4.78, 5) is 11.8. The number of carbonyl (C=O) groups excluding carboxylic acids is 1. The van der Waals surface area contributed by atoms with Crippen molar-refractivity contribution in [2.24, 2.45) is 0 Å². The maximum Gasteiger partial charge on any atom is 0.270 e. The summed E-state index contributed by atoms with van der Waals surface area (Å²) in [6.45, 7) is -0.739. The van der Waals surface area contributed by atoms with Crippen molar-refractivity contribution in [1.82, 2.24) is 10.6 Å². The van der Waals surface area contributed by atoms with E-state index in [-0.39, 0.29) is 6.54 Å². The SMILES string of the molecule is O=C1NCC(O)NC12O[C@H](CO)[C@@H](O)[C@H](O)[C@H]2O. The second kappa shape index (κ2) is 4.70. The van der Waals surface area contributed by atoms with E-state index in [1.54, 1.807) is 0 Å². The highest BCUT2D eigenvalue weighted by Gasteiger charge is 2.59. The Hall–Kier alpha value is -0.810. The van der Waals surface area contributed by atoms with Gasteiger partial charge in [0.05, 0.1) is 13.2 Å². The average molecular weight is 264 g/mol. The van der Waals surface area contributed by atoms with Gasteiger partial charge in [0, 0.05) is 0 Å². The normalized spacial score (nSPS) is 49.2. The highest BCUT2D eigenvalue weighted by atomic mass is 16.6. The molecule has 1 spiro atoms. The smallest absolute Gasteiger partial charge is 0.270 e. The minimum absolute atomic E-state index is 0.0842. The van der Waals surface area contributed by atoms with Gasteiger partial charge in [0.25, 0.3) is 5.91 Å². The summed E-state index contributed by atoms with van der Waals surface area (Å²) >= 11 is 0. The Morgan fingerprint density at radius 3 is 2.56 bits per heavy atom. The fraction of sp³-hybridized carbons (Fsp3) is 0.889. The van der Waals surface area contributed by atoms with Crippen LogP contribution in [0.15, 0.2) is 0 Å². The highest BCUT2D eigenvalue weighted by Crippen LogP contribution is 2.30. The zero-order valence-electron chi connectivity index (χ0n) is 9.35. The summed E-state index contributed by atoms with van der Waals surface area (Å²) < 4.78 is 5.15. The molecule has 0 aliphatic carbocycles. The van der Waals surface area contributed by atoms with Crippen LogP contribution in [0.4, 0.5) is 0 Å². The molecule has 2 saturated heterocycles. The predicted molar refractivity (Wildman–Crippen MR) is 54.9 cm³/mol. The van der Waals surface area contributed by atoms with Crippen LogP contribution in [0.2, 0.25) is 0 Å². The van der Waals surface area contributed by atoms with Gasteiger partial charge in [-0.2, -0.15) is 0 Å². The Labute approximate surface area is 102 Å². The van der Waals surface area contributed by atoms with E-state index in [0.717, 1.165) is 0 Å². The van der Waals surface area contributed by atoms with E-state index in [1.807, 2.05) is 0 Å². The number of hydrogen-bond donors (Lipinski definition) is 7. The fourth-order valence-electron chi connectivity index (χ4n) is 2.16. The molecule has 2 fully saturated rings. The molecule has 0 bridgehead atoms. The van der Waals surface area contributed by atoms with Crippen molar-refractivity contribution in [3.8, 4) is 0 Å². The minimum Gasteiger partial charge on any atom is -0.394 e. The van der Waals surface area contributed by atoms with E-state index in [0.29, 0.717) is 0 Å². The molecule has 0 aromatic heterocycles. The first-order valence-electron chi connectivity index (χ1n) is 5.49. The van der Waals surface area contributed by atoms with Crippen LogP contribution in [-0.4, -0.2) is 81.0 Å². The molecule has 2 aliphatic rings. The maximum absolute atomic E-state index is 11.8. The van der Waals surface area contributed by atoms with Crippen LogP contribution in [0.1, 0.15) is 0 Å². The van der Waals surface area contributed by atoms with Crippen LogP contribution in [0.25, 0.3) is 0 Å². The van der Waals surface area contributed by atoms with Crippen molar-refractivity contribution in [3.63, 3.8) is 0 Å². The largest absolute Gasteiger partial charge is 0.394 e. The fourth-order valence-corrected chi connectivity index (χ4v) is 2.16. The highest BCUT2D eigenvalue weighted by molar-refractivity contribution is 5.86. The van der Waals surface area contributed by atoms with E-state index < -0.39 is 48.9 Å². The molecular weight excluding hydrogens is 248 g/mol. The van der Waals surface area contributed by atoms with E-state index in [9.17, 15) is 25.2 Å². The molecule has 0 aromatic rings. The second-order valence-corrected chi connectivity index (χ2v) is 4.37. The molecule has 1 amide bonds. The average Bonchev–Trinajstić information content (AvgIpc) is 2.36. The molecule has 9 heteroatoms. The molecule has 0 saturated carbocycles. The predicted octanol–water partition coefficient (Wildman–Crippen LogP) is -4.81. The van der Waals surface area contributed by atoms with Gasteiger partial charge in [0.1, 0.15) is 30.6 Å². The zero-order valence-corrected chi connectivity index (χ0v) is 9.35. The van der Waals surface area contributed by atoms with Gasteiger partial charge >= 0.3 is 0 Å². The molecule has 2 aliphatic heterocycles.